The van der Waals surface area contributed by atoms with E-state index in [1.54, 1.807) is 4.90 Å². The molecule has 1 aliphatic heterocycles. The zero-order valence-electron chi connectivity index (χ0n) is 16.0. The summed E-state index contributed by atoms with van der Waals surface area (Å²) < 4.78 is 15.1. The van der Waals surface area contributed by atoms with Crippen LogP contribution in [0.3, 0.4) is 0 Å². The van der Waals surface area contributed by atoms with Crippen LogP contribution in [0.25, 0.3) is 0 Å². The van der Waals surface area contributed by atoms with Crippen LogP contribution in [0.2, 0.25) is 0 Å². The summed E-state index contributed by atoms with van der Waals surface area (Å²) in [7, 11) is 0. The quantitative estimate of drug-likeness (QED) is 0.820. The number of unbranched alkanes of at least 4 members (excludes halogenated alkanes) is 1. The number of halogens is 1. The Kier molecular flexibility index (Phi) is 6.19. The second-order valence-corrected chi connectivity index (χ2v) is 7.39. The molecule has 0 radical (unpaired) electrons. The smallest absolute Gasteiger partial charge is 0.209 e. The van der Waals surface area contributed by atoms with Gasteiger partial charge in [0, 0.05) is 12.1 Å². The van der Waals surface area contributed by atoms with Gasteiger partial charge >= 0.3 is 0 Å². The van der Waals surface area contributed by atoms with Crippen LogP contribution in [-0.4, -0.2) is 46.4 Å². The lowest BCUT2D eigenvalue weighted by atomic mass is 10.1. The summed E-state index contributed by atoms with van der Waals surface area (Å²) in [6.07, 6.45) is 3.46. The van der Waals surface area contributed by atoms with E-state index in [1.807, 2.05) is 16.8 Å². The van der Waals surface area contributed by atoms with Crippen molar-refractivity contribution < 1.29 is 9.29 Å². The average Bonchev–Trinajstić information content (AvgIpc) is 3.13. The van der Waals surface area contributed by atoms with Gasteiger partial charge in [-0.2, -0.15) is 0 Å². The minimum atomic E-state index is -0.182. The number of rotatable bonds is 7. The molecule has 6 nitrogen and oxygen atoms in total. The number of hydrogen-bond acceptors (Lipinski definition) is 4. The maximum atomic E-state index is 13.2. The molecule has 1 saturated heterocycles. The zero-order chi connectivity index (χ0) is 18.5. The van der Waals surface area contributed by atoms with E-state index in [0.717, 1.165) is 44.1 Å². The third-order valence-corrected chi connectivity index (χ3v) is 5.26. The molecule has 0 bridgehead atoms. The maximum Gasteiger partial charge on any atom is 0.209 e. The van der Waals surface area contributed by atoms with Gasteiger partial charge in [-0.25, -0.2) is 9.07 Å². The van der Waals surface area contributed by atoms with Crippen molar-refractivity contribution >= 4 is 5.69 Å². The molecule has 142 valence electrons. The van der Waals surface area contributed by atoms with E-state index >= 15 is 0 Å². The number of quaternary nitrogens is 1. The molecule has 1 aliphatic rings. The Hall–Kier alpha value is -2.02. The second-order valence-electron chi connectivity index (χ2n) is 7.39. The van der Waals surface area contributed by atoms with Crippen molar-refractivity contribution in [2.75, 3.05) is 31.1 Å². The van der Waals surface area contributed by atoms with Crippen LogP contribution in [0.4, 0.5) is 10.1 Å². The fourth-order valence-electron chi connectivity index (χ4n) is 3.77. The highest BCUT2D eigenvalue weighted by Gasteiger charge is 2.32. The number of piperazine rings is 1. The van der Waals surface area contributed by atoms with E-state index in [0.29, 0.717) is 6.04 Å². The lowest BCUT2D eigenvalue weighted by Crippen LogP contribution is -3.15. The first-order valence-electron chi connectivity index (χ1n) is 9.73. The molecule has 0 aliphatic carbocycles. The van der Waals surface area contributed by atoms with Crippen molar-refractivity contribution in [3.8, 4) is 0 Å². The maximum absolute atomic E-state index is 13.2. The van der Waals surface area contributed by atoms with E-state index in [2.05, 4.69) is 41.2 Å². The number of nitrogens with zero attached hydrogens (tertiary/aromatic N) is 5. The first kappa shape index (κ1) is 18.8. The molecule has 7 heteroatoms. The number of nitrogens with one attached hydrogen (secondary N) is 1. The van der Waals surface area contributed by atoms with Crippen LogP contribution in [0.1, 0.15) is 57.9 Å². The van der Waals surface area contributed by atoms with Gasteiger partial charge in [0.15, 0.2) is 0 Å². The number of anilines is 1. The van der Waals surface area contributed by atoms with Gasteiger partial charge in [-0.15, -0.1) is 5.10 Å². The molecule has 1 aromatic carbocycles. The fourth-order valence-corrected chi connectivity index (χ4v) is 3.77. The minimum Gasteiger partial charge on any atom is -0.360 e. The Morgan fingerprint density at radius 1 is 1.15 bits per heavy atom. The van der Waals surface area contributed by atoms with Crippen molar-refractivity contribution in [1.82, 2.24) is 20.2 Å². The van der Waals surface area contributed by atoms with Gasteiger partial charge in [0.1, 0.15) is 11.9 Å². The van der Waals surface area contributed by atoms with Crippen molar-refractivity contribution in [1.29, 1.82) is 0 Å². The fraction of sp³-hybridized carbons (Fsp3) is 0.632. The molecule has 1 atom stereocenters. The van der Waals surface area contributed by atoms with Crippen molar-refractivity contribution in [2.45, 2.75) is 52.1 Å². The van der Waals surface area contributed by atoms with E-state index in [1.165, 1.54) is 25.0 Å². The second kappa shape index (κ2) is 8.58. The Morgan fingerprint density at radius 2 is 1.85 bits per heavy atom. The highest BCUT2D eigenvalue weighted by Crippen LogP contribution is 2.19. The number of tetrazole rings is 1. The van der Waals surface area contributed by atoms with E-state index in [9.17, 15) is 4.39 Å². The molecule has 1 fully saturated rings. The molecule has 0 amide bonds. The first-order chi connectivity index (χ1) is 12.6. The van der Waals surface area contributed by atoms with Crippen LogP contribution in [-0.2, 0) is 0 Å². The van der Waals surface area contributed by atoms with Crippen LogP contribution >= 0.6 is 0 Å². The first-order valence-corrected chi connectivity index (χ1v) is 9.73. The standard InChI is InChI=1S/C19H29FN6/c1-4-5-6-18(19-21-22-23-26(19)15(2)3)25-13-11-24(12-14-25)17-9-7-16(20)8-10-17/h7-10,15,18H,4-6,11-14H2,1-3H3/p+1/t18-/m1/s1. The molecular weight excluding hydrogens is 331 g/mol. The highest BCUT2D eigenvalue weighted by molar-refractivity contribution is 5.46. The Balaban J connectivity index is 1.71. The molecule has 26 heavy (non-hydrogen) atoms. The molecule has 1 aromatic heterocycles. The molecular formula is C19H30FN6+. The minimum absolute atomic E-state index is 0.182. The summed E-state index contributed by atoms with van der Waals surface area (Å²) in [5.41, 5.74) is 1.10. The number of hydrogen-bond donors (Lipinski definition) is 1. The molecule has 3 rings (SSSR count). The molecule has 2 aromatic rings. The predicted octanol–water partition coefficient (Wildman–Crippen LogP) is 2.03. The Labute approximate surface area is 155 Å². The Morgan fingerprint density at radius 3 is 2.46 bits per heavy atom. The molecule has 1 N–H and O–H groups in total. The summed E-state index contributed by atoms with van der Waals surface area (Å²) in [6.45, 7) is 10.5. The average molecular weight is 361 g/mol. The molecule has 2 heterocycles. The number of benzene rings is 1. The van der Waals surface area contributed by atoms with Crippen LogP contribution < -0.4 is 9.80 Å². The normalized spacial score (nSPS) is 17.0. The third-order valence-electron chi connectivity index (χ3n) is 5.26. The topological polar surface area (TPSA) is 51.3 Å². The van der Waals surface area contributed by atoms with E-state index in [-0.39, 0.29) is 11.9 Å². The predicted molar refractivity (Wildman–Crippen MR) is 99.8 cm³/mol. The summed E-state index contributed by atoms with van der Waals surface area (Å²) in [5, 5.41) is 12.5. The summed E-state index contributed by atoms with van der Waals surface area (Å²) in [6, 6.07) is 7.42. The molecule has 0 spiro atoms. The van der Waals surface area contributed by atoms with E-state index in [4.69, 9.17) is 0 Å². The Bertz CT molecular complexity index is 676. The molecule has 0 saturated carbocycles. The third kappa shape index (κ3) is 4.20. The lowest BCUT2D eigenvalue weighted by molar-refractivity contribution is -0.933. The van der Waals surface area contributed by atoms with Crippen molar-refractivity contribution in [3.05, 3.63) is 35.9 Å². The number of aromatic nitrogens is 4. The summed E-state index contributed by atoms with van der Waals surface area (Å²) in [4.78, 5) is 3.89. The summed E-state index contributed by atoms with van der Waals surface area (Å²) in [5.74, 6) is 0.830. The van der Waals surface area contributed by atoms with Crippen LogP contribution in [0.5, 0.6) is 0 Å². The SMILES string of the molecule is CCCC[C@H](c1nnnn1C(C)C)[NH+]1CCN(c2ccc(F)cc2)CC1. The highest BCUT2D eigenvalue weighted by atomic mass is 19.1. The largest absolute Gasteiger partial charge is 0.360 e. The molecule has 0 unspecified atom stereocenters. The van der Waals surface area contributed by atoms with Crippen LogP contribution in [0, 0.1) is 5.82 Å². The van der Waals surface area contributed by atoms with Gasteiger partial charge < -0.3 is 9.80 Å². The van der Waals surface area contributed by atoms with Crippen molar-refractivity contribution in [2.24, 2.45) is 0 Å². The van der Waals surface area contributed by atoms with Crippen LogP contribution in [0.15, 0.2) is 24.3 Å². The van der Waals surface area contributed by atoms with Crippen molar-refractivity contribution in [3.63, 3.8) is 0 Å². The van der Waals surface area contributed by atoms with Gasteiger partial charge in [-0.05, 0) is 55.0 Å². The monoisotopic (exact) mass is 361 g/mol. The summed E-state index contributed by atoms with van der Waals surface area (Å²) >= 11 is 0. The van der Waals surface area contributed by atoms with E-state index < -0.39 is 0 Å². The van der Waals surface area contributed by atoms with Gasteiger partial charge in [-0.3, -0.25) is 0 Å². The van der Waals surface area contributed by atoms with Gasteiger partial charge in [0.2, 0.25) is 5.82 Å². The van der Waals surface area contributed by atoms with Gasteiger partial charge in [-0.1, -0.05) is 13.3 Å². The zero-order valence-corrected chi connectivity index (χ0v) is 16.0. The lowest BCUT2D eigenvalue weighted by Gasteiger charge is -2.37. The van der Waals surface area contributed by atoms with Gasteiger partial charge in [0.25, 0.3) is 0 Å². The van der Waals surface area contributed by atoms with Gasteiger partial charge in [0.05, 0.1) is 32.2 Å².